The highest BCUT2D eigenvalue weighted by molar-refractivity contribution is 5.29. The molecule has 0 radical (unpaired) electrons. The molecule has 0 spiro atoms. The number of aryl methyl sites for hydroxylation is 1. The predicted octanol–water partition coefficient (Wildman–Crippen LogP) is 3.82. The molecule has 2 rings (SSSR count). The number of halogens is 1. The highest BCUT2D eigenvalue weighted by Gasteiger charge is 2.24. The minimum absolute atomic E-state index is 0.0709. The molecule has 1 aliphatic carbocycles. The standard InChI is InChI=1S/C16H24FNO/c1-12-9-10-13(17)16(11-12)19-15-8-6-4-3-5-7-14(15)18-2/h9-11,14-15,18H,3-8H2,1-2H3. The van der Waals surface area contributed by atoms with Gasteiger partial charge in [-0.05, 0) is 50.9 Å². The van der Waals surface area contributed by atoms with Gasteiger partial charge in [0.25, 0.3) is 0 Å². The first kappa shape index (κ1) is 14.3. The Kier molecular flexibility index (Phi) is 5.20. The highest BCUT2D eigenvalue weighted by Crippen LogP contribution is 2.25. The summed E-state index contributed by atoms with van der Waals surface area (Å²) in [5.41, 5.74) is 1.03. The summed E-state index contributed by atoms with van der Waals surface area (Å²) in [6, 6.07) is 5.37. The molecule has 0 aromatic heterocycles. The zero-order valence-electron chi connectivity index (χ0n) is 11.9. The average molecular weight is 265 g/mol. The van der Waals surface area contributed by atoms with E-state index in [0.717, 1.165) is 24.8 Å². The molecule has 0 amide bonds. The lowest BCUT2D eigenvalue weighted by atomic mass is 9.94. The smallest absolute Gasteiger partial charge is 0.165 e. The highest BCUT2D eigenvalue weighted by atomic mass is 19.1. The number of hydrogen-bond donors (Lipinski definition) is 1. The second-order valence-corrected chi connectivity index (χ2v) is 5.48. The molecule has 106 valence electrons. The van der Waals surface area contributed by atoms with Gasteiger partial charge in [-0.25, -0.2) is 4.39 Å². The van der Waals surface area contributed by atoms with Crippen molar-refractivity contribution in [2.45, 2.75) is 57.6 Å². The lowest BCUT2D eigenvalue weighted by molar-refractivity contribution is 0.126. The summed E-state index contributed by atoms with van der Waals surface area (Å²) in [7, 11) is 1.97. The molecule has 1 saturated carbocycles. The molecule has 1 aromatic rings. The number of hydrogen-bond acceptors (Lipinski definition) is 2. The Hall–Kier alpha value is -1.09. The van der Waals surface area contributed by atoms with Gasteiger partial charge in [-0.2, -0.15) is 0 Å². The number of nitrogens with one attached hydrogen (secondary N) is 1. The minimum Gasteiger partial charge on any atom is -0.486 e. The molecule has 0 heterocycles. The maximum Gasteiger partial charge on any atom is 0.165 e. The van der Waals surface area contributed by atoms with Gasteiger partial charge in [0.15, 0.2) is 11.6 Å². The van der Waals surface area contributed by atoms with E-state index in [4.69, 9.17) is 4.74 Å². The van der Waals surface area contributed by atoms with Gasteiger partial charge in [-0.3, -0.25) is 0 Å². The van der Waals surface area contributed by atoms with Gasteiger partial charge in [0.05, 0.1) is 0 Å². The van der Waals surface area contributed by atoms with Crippen LogP contribution in [0.1, 0.15) is 44.1 Å². The van der Waals surface area contributed by atoms with Crippen LogP contribution in [0, 0.1) is 12.7 Å². The van der Waals surface area contributed by atoms with Gasteiger partial charge < -0.3 is 10.1 Å². The predicted molar refractivity (Wildman–Crippen MR) is 76.1 cm³/mol. The van der Waals surface area contributed by atoms with Crippen LogP contribution in [0.25, 0.3) is 0 Å². The lowest BCUT2D eigenvalue weighted by Gasteiger charge is -2.29. The van der Waals surface area contributed by atoms with Crippen molar-refractivity contribution in [3.05, 3.63) is 29.6 Å². The minimum atomic E-state index is -0.262. The van der Waals surface area contributed by atoms with E-state index in [1.54, 1.807) is 12.1 Å². The van der Waals surface area contributed by atoms with Crippen LogP contribution in [0.15, 0.2) is 18.2 Å². The second kappa shape index (κ2) is 6.90. The fraction of sp³-hybridized carbons (Fsp3) is 0.625. The molecular weight excluding hydrogens is 241 g/mol. The normalized spacial score (nSPS) is 24.6. The molecule has 0 saturated heterocycles. The third kappa shape index (κ3) is 3.93. The number of rotatable bonds is 3. The van der Waals surface area contributed by atoms with Gasteiger partial charge >= 0.3 is 0 Å². The first-order valence-electron chi connectivity index (χ1n) is 7.31. The number of ether oxygens (including phenoxy) is 1. The van der Waals surface area contributed by atoms with E-state index in [9.17, 15) is 4.39 Å². The van der Waals surface area contributed by atoms with Crippen LogP contribution in [-0.2, 0) is 0 Å². The fourth-order valence-electron chi connectivity index (χ4n) is 2.79. The van der Waals surface area contributed by atoms with Crippen LogP contribution < -0.4 is 10.1 Å². The van der Waals surface area contributed by atoms with E-state index in [2.05, 4.69) is 5.32 Å². The van der Waals surface area contributed by atoms with E-state index in [-0.39, 0.29) is 11.9 Å². The maximum absolute atomic E-state index is 13.8. The van der Waals surface area contributed by atoms with Crippen molar-refractivity contribution in [3.63, 3.8) is 0 Å². The van der Waals surface area contributed by atoms with Gasteiger partial charge in [0.1, 0.15) is 6.10 Å². The molecule has 0 aliphatic heterocycles. The van der Waals surface area contributed by atoms with Crippen LogP contribution >= 0.6 is 0 Å². The quantitative estimate of drug-likeness (QED) is 0.897. The van der Waals surface area contributed by atoms with Crippen LogP contribution in [0.5, 0.6) is 5.75 Å². The lowest BCUT2D eigenvalue weighted by Crippen LogP contribution is -2.42. The number of likely N-dealkylation sites (N-methyl/N-ethyl adjacent to an activating group) is 1. The first-order chi connectivity index (χ1) is 9.20. The Morgan fingerprint density at radius 1 is 1.16 bits per heavy atom. The molecule has 2 nitrogen and oxygen atoms in total. The molecule has 19 heavy (non-hydrogen) atoms. The monoisotopic (exact) mass is 265 g/mol. The van der Waals surface area contributed by atoms with E-state index < -0.39 is 0 Å². The van der Waals surface area contributed by atoms with Crippen LogP contribution in [0.4, 0.5) is 4.39 Å². The molecule has 1 aromatic carbocycles. The van der Waals surface area contributed by atoms with E-state index >= 15 is 0 Å². The summed E-state index contributed by atoms with van der Waals surface area (Å²) in [4.78, 5) is 0. The summed E-state index contributed by atoms with van der Waals surface area (Å²) >= 11 is 0. The topological polar surface area (TPSA) is 21.3 Å². The van der Waals surface area contributed by atoms with Crippen molar-refractivity contribution in [2.75, 3.05) is 7.05 Å². The summed E-state index contributed by atoms with van der Waals surface area (Å²) in [6.45, 7) is 1.96. The SMILES string of the molecule is CNC1CCCCCCC1Oc1cc(C)ccc1F. The number of benzene rings is 1. The summed E-state index contributed by atoms with van der Waals surface area (Å²) < 4.78 is 19.8. The van der Waals surface area contributed by atoms with Crippen LogP contribution in [0.2, 0.25) is 0 Å². The van der Waals surface area contributed by atoms with Crippen LogP contribution in [0.3, 0.4) is 0 Å². The van der Waals surface area contributed by atoms with Crippen molar-refractivity contribution in [3.8, 4) is 5.75 Å². The Balaban J connectivity index is 2.10. The van der Waals surface area contributed by atoms with E-state index in [1.807, 2.05) is 14.0 Å². The molecule has 0 bridgehead atoms. The zero-order chi connectivity index (χ0) is 13.7. The van der Waals surface area contributed by atoms with Gasteiger partial charge in [-0.1, -0.05) is 25.3 Å². The fourth-order valence-corrected chi connectivity index (χ4v) is 2.79. The van der Waals surface area contributed by atoms with Crippen molar-refractivity contribution < 1.29 is 9.13 Å². The first-order valence-corrected chi connectivity index (χ1v) is 7.31. The van der Waals surface area contributed by atoms with Crippen molar-refractivity contribution in [2.24, 2.45) is 0 Å². The molecule has 1 aliphatic rings. The van der Waals surface area contributed by atoms with Crippen LogP contribution in [-0.4, -0.2) is 19.2 Å². The zero-order valence-corrected chi connectivity index (χ0v) is 11.9. The summed E-state index contributed by atoms with van der Waals surface area (Å²) in [5.74, 6) is 0.133. The van der Waals surface area contributed by atoms with E-state index in [0.29, 0.717) is 11.8 Å². The molecule has 1 fully saturated rings. The third-order valence-electron chi connectivity index (χ3n) is 3.94. The van der Waals surface area contributed by atoms with Crippen molar-refractivity contribution >= 4 is 0 Å². The Labute approximate surface area is 115 Å². The Morgan fingerprint density at radius 3 is 2.63 bits per heavy atom. The van der Waals surface area contributed by atoms with Gasteiger partial charge in [0, 0.05) is 6.04 Å². The Bertz CT molecular complexity index is 408. The summed E-state index contributed by atoms with van der Waals surface area (Å²) in [6.07, 6.45) is 7.11. The average Bonchev–Trinajstić information content (AvgIpc) is 2.37. The maximum atomic E-state index is 13.8. The van der Waals surface area contributed by atoms with Gasteiger partial charge in [-0.15, -0.1) is 0 Å². The molecule has 3 heteroatoms. The Morgan fingerprint density at radius 2 is 1.89 bits per heavy atom. The molecular formula is C16H24FNO. The van der Waals surface area contributed by atoms with E-state index in [1.165, 1.54) is 25.3 Å². The third-order valence-corrected chi connectivity index (χ3v) is 3.94. The van der Waals surface area contributed by atoms with Gasteiger partial charge in [0.2, 0.25) is 0 Å². The van der Waals surface area contributed by atoms with Crippen molar-refractivity contribution in [1.82, 2.24) is 5.32 Å². The van der Waals surface area contributed by atoms with Crippen molar-refractivity contribution in [1.29, 1.82) is 0 Å². The molecule has 2 unspecified atom stereocenters. The summed E-state index contributed by atoms with van der Waals surface area (Å²) in [5, 5.41) is 3.33. The molecule has 2 atom stereocenters. The second-order valence-electron chi connectivity index (χ2n) is 5.48. The largest absolute Gasteiger partial charge is 0.486 e. The molecule has 1 N–H and O–H groups in total.